The minimum absolute atomic E-state index is 0.0195. The number of phenolic OH excluding ortho intramolecular Hbond substituents is 3. The molecule has 0 atom stereocenters. The van der Waals surface area contributed by atoms with Crippen LogP contribution in [0.5, 0.6) is 17.2 Å². The monoisotopic (exact) mass is 492 g/mol. The lowest BCUT2D eigenvalue weighted by Crippen LogP contribution is -2.13. The number of halogens is 3. The summed E-state index contributed by atoms with van der Waals surface area (Å²) >= 11 is 0. The van der Waals surface area contributed by atoms with Crippen molar-refractivity contribution in [3.05, 3.63) is 71.3 Å². The van der Waals surface area contributed by atoms with Crippen LogP contribution >= 0.6 is 0 Å². The summed E-state index contributed by atoms with van der Waals surface area (Å²) < 4.78 is 66.0. The molecule has 1 aliphatic rings. The van der Waals surface area contributed by atoms with Gasteiger partial charge in [-0.25, -0.2) is 8.42 Å². The van der Waals surface area contributed by atoms with Crippen molar-refractivity contribution in [3.63, 3.8) is 0 Å². The molecule has 1 heterocycles. The molecule has 5 N–H and O–H groups in total. The van der Waals surface area contributed by atoms with Gasteiger partial charge in [0.05, 0.1) is 10.5 Å². The summed E-state index contributed by atoms with van der Waals surface area (Å²) in [6.07, 6.45) is -3.29. The van der Waals surface area contributed by atoms with Crippen molar-refractivity contribution in [2.24, 2.45) is 0 Å². The number of carbonyl (C=O) groups is 1. The molecule has 0 unspecified atom stereocenters. The van der Waals surface area contributed by atoms with E-state index in [0.717, 1.165) is 36.4 Å². The van der Waals surface area contributed by atoms with Crippen molar-refractivity contribution in [1.29, 1.82) is 0 Å². The van der Waals surface area contributed by atoms with Gasteiger partial charge in [0.25, 0.3) is 15.9 Å². The lowest BCUT2D eigenvalue weighted by Gasteiger charge is -2.11. The van der Waals surface area contributed by atoms with Crippen molar-refractivity contribution < 1.29 is 41.7 Å². The maximum atomic E-state index is 12.8. The predicted molar refractivity (Wildman–Crippen MR) is 117 cm³/mol. The van der Waals surface area contributed by atoms with E-state index < -0.39 is 44.9 Å². The number of alkyl halides is 3. The van der Waals surface area contributed by atoms with Crippen LogP contribution in [0.1, 0.15) is 16.7 Å². The van der Waals surface area contributed by atoms with E-state index in [1.54, 1.807) is 0 Å². The number of hydrogen-bond donors (Lipinski definition) is 5. The Labute approximate surface area is 190 Å². The second-order valence-corrected chi connectivity index (χ2v) is 8.99. The van der Waals surface area contributed by atoms with Crippen LogP contribution in [0.4, 0.5) is 24.5 Å². The average molecular weight is 492 g/mol. The van der Waals surface area contributed by atoms with Crippen LogP contribution < -0.4 is 10.0 Å². The van der Waals surface area contributed by atoms with Crippen molar-refractivity contribution in [2.45, 2.75) is 11.1 Å². The number of aromatic hydroxyl groups is 3. The van der Waals surface area contributed by atoms with E-state index in [4.69, 9.17) is 0 Å². The predicted octanol–water partition coefficient (Wildman–Crippen LogP) is 4.12. The summed E-state index contributed by atoms with van der Waals surface area (Å²) in [5, 5.41) is 31.4. The fourth-order valence-corrected chi connectivity index (χ4v) is 4.38. The lowest BCUT2D eigenvalue weighted by molar-refractivity contribution is -0.137. The Kier molecular flexibility index (Phi) is 5.40. The number of phenols is 3. The van der Waals surface area contributed by atoms with Crippen molar-refractivity contribution in [2.75, 3.05) is 10.0 Å². The number of amides is 1. The molecule has 0 saturated carbocycles. The zero-order chi connectivity index (χ0) is 24.8. The van der Waals surface area contributed by atoms with E-state index >= 15 is 0 Å². The highest BCUT2D eigenvalue weighted by Gasteiger charge is 2.30. The molecule has 8 nitrogen and oxygen atoms in total. The zero-order valence-corrected chi connectivity index (χ0v) is 17.7. The van der Waals surface area contributed by atoms with Gasteiger partial charge in [0.1, 0.15) is 0 Å². The molecular formula is C22H15F3N2O6S. The fraction of sp³-hybridized carbons (Fsp3) is 0.0455. The summed E-state index contributed by atoms with van der Waals surface area (Å²) in [7, 11) is -4.23. The second-order valence-electron chi connectivity index (χ2n) is 7.31. The van der Waals surface area contributed by atoms with Gasteiger partial charge in [-0.05, 0) is 66.2 Å². The lowest BCUT2D eigenvalue weighted by atomic mass is 10.0. The highest BCUT2D eigenvalue weighted by Crippen LogP contribution is 2.39. The van der Waals surface area contributed by atoms with Crippen LogP contribution in [0.15, 0.2) is 59.5 Å². The summed E-state index contributed by atoms with van der Waals surface area (Å²) in [5.41, 5.74) is -0.343. The third-order valence-corrected chi connectivity index (χ3v) is 6.33. The second kappa shape index (κ2) is 7.99. The first kappa shape index (κ1) is 23.0. The van der Waals surface area contributed by atoms with Crippen LogP contribution in [0, 0.1) is 0 Å². The molecule has 0 aliphatic carbocycles. The summed E-state index contributed by atoms with van der Waals surface area (Å²) in [6.45, 7) is 0. The van der Waals surface area contributed by atoms with Gasteiger partial charge in [0, 0.05) is 22.5 Å². The van der Waals surface area contributed by atoms with Gasteiger partial charge in [-0.3, -0.25) is 9.52 Å². The standard InChI is InChI=1S/C22H15F3N2O6S/c23-22(24,25)12-1-3-13(4-2-12)27-34(32,33)14-5-6-17-15(10-14)16(21(31)26-17)7-11-8-18(28)20(30)19(29)9-11/h1-10,27-30H,(H,26,31). The van der Waals surface area contributed by atoms with E-state index in [1.165, 1.54) is 24.3 Å². The van der Waals surface area contributed by atoms with E-state index in [2.05, 4.69) is 10.0 Å². The van der Waals surface area contributed by atoms with Gasteiger partial charge in [-0.2, -0.15) is 13.2 Å². The van der Waals surface area contributed by atoms with Crippen LogP contribution in [-0.2, 0) is 21.0 Å². The van der Waals surface area contributed by atoms with E-state index in [1.807, 2.05) is 0 Å². The largest absolute Gasteiger partial charge is 0.504 e. The highest BCUT2D eigenvalue weighted by molar-refractivity contribution is 7.92. The smallest absolute Gasteiger partial charge is 0.416 e. The van der Waals surface area contributed by atoms with Gasteiger partial charge in [0.15, 0.2) is 17.2 Å². The molecule has 0 saturated heterocycles. The highest BCUT2D eigenvalue weighted by atomic mass is 32.2. The maximum Gasteiger partial charge on any atom is 0.416 e. The normalized spacial score (nSPS) is 14.7. The van der Waals surface area contributed by atoms with Gasteiger partial charge >= 0.3 is 6.18 Å². The molecule has 0 fully saturated rings. The Morgan fingerprint density at radius 3 is 2.12 bits per heavy atom. The minimum atomic E-state index is -4.56. The van der Waals surface area contributed by atoms with E-state index in [-0.39, 0.29) is 27.3 Å². The molecule has 34 heavy (non-hydrogen) atoms. The molecule has 12 heteroatoms. The first-order chi connectivity index (χ1) is 15.8. The fourth-order valence-electron chi connectivity index (χ4n) is 3.29. The first-order valence-corrected chi connectivity index (χ1v) is 11.0. The number of hydrogen-bond acceptors (Lipinski definition) is 6. The number of benzene rings is 3. The minimum Gasteiger partial charge on any atom is -0.504 e. The number of nitrogens with one attached hydrogen (secondary N) is 2. The Hall–Kier alpha value is -4.19. The summed E-state index contributed by atoms with van der Waals surface area (Å²) in [6, 6.07) is 9.40. The third kappa shape index (κ3) is 4.35. The van der Waals surface area contributed by atoms with Gasteiger partial charge in [-0.1, -0.05) is 0 Å². The molecule has 3 aromatic rings. The van der Waals surface area contributed by atoms with Crippen LogP contribution in [0.2, 0.25) is 0 Å². The molecule has 0 bridgehead atoms. The molecule has 1 amide bonds. The number of fused-ring (bicyclic) bond motifs is 1. The zero-order valence-electron chi connectivity index (χ0n) is 16.9. The van der Waals surface area contributed by atoms with Crippen LogP contribution in [0.25, 0.3) is 11.6 Å². The van der Waals surface area contributed by atoms with Gasteiger partial charge in [0.2, 0.25) is 0 Å². The molecule has 176 valence electrons. The maximum absolute atomic E-state index is 12.8. The molecule has 0 spiro atoms. The topological polar surface area (TPSA) is 136 Å². The van der Waals surface area contributed by atoms with Crippen LogP contribution in [-0.4, -0.2) is 29.6 Å². The number of rotatable bonds is 4. The van der Waals surface area contributed by atoms with Crippen molar-refractivity contribution >= 4 is 39.0 Å². The Morgan fingerprint density at radius 1 is 0.912 bits per heavy atom. The van der Waals surface area contributed by atoms with E-state index in [0.29, 0.717) is 5.69 Å². The molecule has 3 aromatic carbocycles. The summed E-state index contributed by atoms with van der Waals surface area (Å²) in [4.78, 5) is 12.2. The quantitative estimate of drug-likeness (QED) is 0.275. The SMILES string of the molecule is O=C1Nc2ccc(S(=O)(=O)Nc3ccc(C(F)(F)F)cc3)cc2C1=Cc1cc(O)c(O)c(O)c1. The van der Waals surface area contributed by atoms with Crippen molar-refractivity contribution in [1.82, 2.24) is 0 Å². The third-order valence-electron chi connectivity index (χ3n) is 4.95. The average Bonchev–Trinajstić information content (AvgIpc) is 3.06. The number of sulfonamides is 1. The van der Waals surface area contributed by atoms with Gasteiger partial charge in [-0.15, -0.1) is 0 Å². The van der Waals surface area contributed by atoms with Crippen LogP contribution in [0.3, 0.4) is 0 Å². The van der Waals surface area contributed by atoms with E-state index in [9.17, 15) is 41.7 Å². The molecular weight excluding hydrogens is 477 g/mol. The van der Waals surface area contributed by atoms with Crippen molar-refractivity contribution in [3.8, 4) is 17.2 Å². The molecule has 0 aromatic heterocycles. The first-order valence-electron chi connectivity index (χ1n) is 9.47. The number of carbonyl (C=O) groups excluding carboxylic acids is 1. The number of anilines is 2. The summed E-state index contributed by atoms with van der Waals surface area (Å²) in [5.74, 6) is -2.56. The molecule has 0 radical (unpaired) electrons. The van der Waals surface area contributed by atoms with Gasteiger partial charge < -0.3 is 20.6 Å². The molecule has 4 rings (SSSR count). The Bertz CT molecular complexity index is 1430. The Balaban J connectivity index is 1.68. The molecule has 1 aliphatic heterocycles. The Morgan fingerprint density at radius 2 is 1.53 bits per heavy atom.